The largest absolute Gasteiger partial charge is 0.464 e. The standard InChI is InChI=1S/C15H23ClN2O4S/c1-15(2,10-16)14(20)18(6-5-7-21-3)8-12-17-11(9-23-12)13(19)22-4/h9H,5-8,10H2,1-4H3. The molecule has 1 aromatic heterocycles. The lowest BCUT2D eigenvalue weighted by molar-refractivity contribution is -0.140. The molecule has 0 atom stereocenters. The van der Waals surface area contributed by atoms with Gasteiger partial charge in [0.1, 0.15) is 5.01 Å². The first kappa shape index (κ1) is 19.9. The van der Waals surface area contributed by atoms with Gasteiger partial charge in [0, 0.05) is 31.5 Å². The van der Waals surface area contributed by atoms with Gasteiger partial charge in [0.25, 0.3) is 0 Å². The molecule has 0 saturated carbocycles. The van der Waals surface area contributed by atoms with Crippen molar-refractivity contribution in [3.05, 3.63) is 16.1 Å². The summed E-state index contributed by atoms with van der Waals surface area (Å²) < 4.78 is 9.69. The molecule has 1 rings (SSSR count). The molecule has 1 aromatic rings. The van der Waals surface area contributed by atoms with Gasteiger partial charge in [-0.2, -0.15) is 0 Å². The van der Waals surface area contributed by atoms with Crippen LogP contribution in [0.2, 0.25) is 0 Å². The van der Waals surface area contributed by atoms with Crippen LogP contribution in [-0.2, 0) is 20.8 Å². The van der Waals surface area contributed by atoms with Gasteiger partial charge in [-0.1, -0.05) is 0 Å². The van der Waals surface area contributed by atoms with Crippen LogP contribution < -0.4 is 0 Å². The van der Waals surface area contributed by atoms with E-state index in [4.69, 9.17) is 16.3 Å². The lowest BCUT2D eigenvalue weighted by Gasteiger charge is -2.30. The maximum Gasteiger partial charge on any atom is 0.357 e. The first-order valence-corrected chi connectivity index (χ1v) is 8.64. The van der Waals surface area contributed by atoms with E-state index in [1.54, 1.807) is 17.4 Å². The molecule has 0 bridgehead atoms. The number of ether oxygens (including phenoxy) is 2. The Morgan fingerprint density at radius 3 is 2.65 bits per heavy atom. The van der Waals surface area contributed by atoms with Crippen LogP contribution in [0.3, 0.4) is 0 Å². The molecule has 0 spiro atoms. The van der Waals surface area contributed by atoms with E-state index in [0.29, 0.717) is 24.7 Å². The zero-order valence-electron chi connectivity index (χ0n) is 13.9. The monoisotopic (exact) mass is 362 g/mol. The minimum Gasteiger partial charge on any atom is -0.464 e. The highest BCUT2D eigenvalue weighted by Gasteiger charge is 2.31. The van der Waals surface area contributed by atoms with Gasteiger partial charge < -0.3 is 14.4 Å². The van der Waals surface area contributed by atoms with Crippen molar-refractivity contribution in [2.45, 2.75) is 26.8 Å². The molecule has 0 N–H and O–H groups in total. The number of rotatable bonds is 9. The highest BCUT2D eigenvalue weighted by Crippen LogP contribution is 2.23. The van der Waals surface area contributed by atoms with E-state index >= 15 is 0 Å². The summed E-state index contributed by atoms with van der Waals surface area (Å²) in [7, 11) is 2.93. The molecule has 8 heteroatoms. The third kappa shape index (κ3) is 5.75. The number of hydrogen-bond acceptors (Lipinski definition) is 6. The van der Waals surface area contributed by atoms with Crippen molar-refractivity contribution in [3.8, 4) is 0 Å². The first-order chi connectivity index (χ1) is 10.9. The van der Waals surface area contributed by atoms with E-state index in [2.05, 4.69) is 9.72 Å². The van der Waals surface area contributed by atoms with Crippen molar-refractivity contribution in [1.29, 1.82) is 0 Å². The van der Waals surface area contributed by atoms with Crippen LogP contribution in [0.1, 0.15) is 35.8 Å². The van der Waals surface area contributed by atoms with Crippen LogP contribution in [0.5, 0.6) is 0 Å². The Morgan fingerprint density at radius 2 is 2.09 bits per heavy atom. The van der Waals surface area contributed by atoms with Gasteiger partial charge in [-0.05, 0) is 20.3 Å². The summed E-state index contributed by atoms with van der Waals surface area (Å²) in [4.78, 5) is 30.1. The highest BCUT2D eigenvalue weighted by atomic mass is 35.5. The maximum absolute atomic E-state index is 12.7. The molecule has 0 aromatic carbocycles. The van der Waals surface area contributed by atoms with Gasteiger partial charge in [0.2, 0.25) is 5.91 Å². The molecule has 6 nitrogen and oxygen atoms in total. The van der Waals surface area contributed by atoms with Crippen LogP contribution in [-0.4, -0.2) is 55.0 Å². The number of carbonyl (C=O) groups is 2. The van der Waals surface area contributed by atoms with Crippen LogP contribution in [0.15, 0.2) is 5.38 Å². The lowest BCUT2D eigenvalue weighted by atomic mass is 9.94. The van der Waals surface area contributed by atoms with Crippen molar-refractivity contribution >= 4 is 34.8 Å². The summed E-state index contributed by atoms with van der Waals surface area (Å²) in [6.45, 7) is 5.07. The number of alkyl halides is 1. The number of aromatic nitrogens is 1. The molecule has 0 fully saturated rings. The Labute approximate surface area is 145 Å². The summed E-state index contributed by atoms with van der Waals surface area (Å²) in [5.41, 5.74) is -0.398. The van der Waals surface area contributed by atoms with Crippen LogP contribution in [0, 0.1) is 5.41 Å². The summed E-state index contributed by atoms with van der Waals surface area (Å²) in [5, 5.41) is 2.31. The Hall–Kier alpha value is -1.18. The van der Waals surface area contributed by atoms with E-state index in [1.165, 1.54) is 18.4 Å². The molecule has 1 amide bonds. The number of nitrogens with zero attached hydrogens (tertiary/aromatic N) is 2. The van der Waals surface area contributed by atoms with Crippen molar-refractivity contribution < 1.29 is 19.1 Å². The minimum absolute atomic E-state index is 0.0431. The Bertz CT molecular complexity index is 533. The second-order valence-electron chi connectivity index (χ2n) is 5.71. The molecule has 1 heterocycles. The molecule has 0 saturated heterocycles. The van der Waals surface area contributed by atoms with Crippen molar-refractivity contribution in [2.75, 3.05) is 33.3 Å². The van der Waals surface area contributed by atoms with Gasteiger partial charge in [0.05, 0.1) is 19.1 Å². The van der Waals surface area contributed by atoms with Gasteiger partial charge in [-0.15, -0.1) is 22.9 Å². The molecule has 0 unspecified atom stereocenters. The van der Waals surface area contributed by atoms with Gasteiger partial charge in [-0.3, -0.25) is 4.79 Å². The SMILES string of the molecule is COCCCN(Cc1nc(C(=O)OC)cs1)C(=O)C(C)(C)CCl. The van der Waals surface area contributed by atoms with E-state index in [1.807, 2.05) is 13.8 Å². The summed E-state index contributed by atoms with van der Waals surface area (Å²) in [5.74, 6) is -0.290. The average Bonchev–Trinajstić information content (AvgIpc) is 3.01. The van der Waals surface area contributed by atoms with Crippen LogP contribution in [0.4, 0.5) is 0 Å². The fourth-order valence-electron chi connectivity index (χ4n) is 1.88. The lowest BCUT2D eigenvalue weighted by Crippen LogP contribution is -2.42. The van der Waals surface area contributed by atoms with Gasteiger partial charge >= 0.3 is 5.97 Å². The van der Waals surface area contributed by atoms with Crippen molar-refractivity contribution in [3.63, 3.8) is 0 Å². The number of halogens is 1. The van der Waals surface area contributed by atoms with E-state index in [-0.39, 0.29) is 17.5 Å². The fraction of sp³-hybridized carbons (Fsp3) is 0.667. The molecule has 0 aliphatic carbocycles. The Kier molecular flexibility index (Phi) is 7.94. The Morgan fingerprint density at radius 1 is 1.39 bits per heavy atom. The number of amides is 1. The van der Waals surface area contributed by atoms with E-state index in [9.17, 15) is 9.59 Å². The molecular weight excluding hydrogens is 340 g/mol. The molecule has 0 aliphatic heterocycles. The zero-order valence-corrected chi connectivity index (χ0v) is 15.5. The molecule has 130 valence electrons. The van der Waals surface area contributed by atoms with Gasteiger partial charge in [-0.25, -0.2) is 9.78 Å². The van der Waals surface area contributed by atoms with Gasteiger partial charge in [0.15, 0.2) is 5.69 Å². The second-order valence-corrected chi connectivity index (χ2v) is 6.92. The van der Waals surface area contributed by atoms with Crippen molar-refractivity contribution in [1.82, 2.24) is 9.88 Å². The number of methoxy groups -OCH3 is 2. The predicted octanol–water partition coefficient (Wildman–Crippen LogP) is 2.56. The average molecular weight is 363 g/mol. The number of hydrogen-bond donors (Lipinski definition) is 0. The maximum atomic E-state index is 12.7. The molecule has 0 radical (unpaired) electrons. The summed E-state index contributed by atoms with van der Waals surface area (Å²) >= 11 is 7.24. The fourth-order valence-corrected chi connectivity index (χ4v) is 2.77. The quantitative estimate of drug-likeness (QED) is 0.383. The Balaban J connectivity index is 2.85. The smallest absolute Gasteiger partial charge is 0.357 e. The van der Waals surface area contributed by atoms with Crippen LogP contribution in [0.25, 0.3) is 0 Å². The minimum atomic E-state index is -0.656. The highest BCUT2D eigenvalue weighted by molar-refractivity contribution is 7.09. The van der Waals surface area contributed by atoms with Crippen molar-refractivity contribution in [2.24, 2.45) is 5.41 Å². The normalized spacial score (nSPS) is 11.3. The summed E-state index contributed by atoms with van der Waals surface area (Å²) in [6, 6.07) is 0. The predicted molar refractivity (Wildman–Crippen MR) is 89.9 cm³/mol. The van der Waals surface area contributed by atoms with E-state index < -0.39 is 11.4 Å². The topological polar surface area (TPSA) is 68.7 Å². The second kappa shape index (κ2) is 9.20. The summed E-state index contributed by atoms with van der Waals surface area (Å²) in [6.07, 6.45) is 0.718. The van der Waals surface area contributed by atoms with E-state index in [0.717, 1.165) is 6.42 Å². The molecular formula is C15H23ClN2O4S. The third-order valence-electron chi connectivity index (χ3n) is 3.25. The number of thiazole rings is 1. The first-order valence-electron chi connectivity index (χ1n) is 7.22. The number of esters is 1. The molecule has 23 heavy (non-hydrogen) atoms. The zero-order chi connectivity index (χ0) is 17.5. The molecule has 0 aliphatic rings. The third-order valence-corrected chi connectivity index (χ3v) is 4.75. The number of carbonyl (C=O) groups excluding carboxylic acids is 2. The van der Waals surface area contributed by atoms with Crippen LogP contribution >= 0.6 is 22.9 Å².